The molecule has 5 N–H and O–H groups in total. The number of hydrogen-bond acceptors (Lipinski definition) is 5. The van der Waals surface area contributed by atoms with Crippen LogP contribution in [0.15, 0.2) is 6.20 Å². The van der Waals surface area contributed by atoms with Gasteiger partial charge in [-0.05, 0) is 18.9 Å². The number of nitrogens with one attached hydrogen (secondary N) is 3. The van der Waals surface area contributed by atoms with Gasteiger partial charge < -0.3 is 15.7 Å². The van der Waals surface area contributed by atoms with Gasteiger partial charge in [0.15, 0.2) is 5.82 Å². The number of nitrogen functional groups attached to an aromatic ring is 1. The Labute approximate surface area is 93.6 Å². The first-order valence-electron chi connectivity index (χ1n) is 5.32. The molecular weight excluding hydrogens is 204 g/mol. The lowest BCUT2D eigenvalue weighted by molar-refractivity contribution is 0.956. The van der Waals surface area contributed by atoms with Gasteiger partial charge >= 0.3 is 0 Å². The highest BCUT2D eigenvalue weighted by atomic mass is 15.3. The molecule has 0 bridgehead atoms. The van der Waals surface area contributed by atoms with Crippen molar-refractivity contribution >= 4 is 22.8 Å². The van der Waals surface area contributed by atoms with Crippen LogP contribution in [0.3, 0.4) is 0 Å². The normalized spacial score (nSPS) is 10.7. The lowest BCUT2D eigenvalue weighted by atomic mass is 10.3. The number of rotatable bonds is 4. The summed E-state index contributed by atoms with van der Waals surface area (Å²) in [6, 6.07) is 0. The molecule has 0 saturated heterocycles. The first-order valence-corrected chi connectivity index (χ1v) is 5.32. The fourth-order valence-corrected chi connectivity index (χ4v) is 1.55. The predicted octanol–water partition coefficient (Wildman–Crippen LogP) is 1.37. The van der Waals surface area contributed by atoms with Crippen LogP contribution in [0.25, 0.3) is 11.0 Å². The molecule has 0 unspecified atom stereocenters. The Bertz CT molecular complexity index is 489. The molecule has 0 aliphatic rings. The van der Waals surface area contributed by atoms with Crippen LogP contribution in [0.1, 0.15) is 18.9 Å². The van der Waals surface area contributed by atoms with Gasteiger partial charge in [-0.1, -0.05) is 6.92 Å². The van der Waals surface area contributed by atoms with Crippen LogP contribution in [0.5, 0.6) is 0 Å². The summed E-state index contributed by atoms with van der Waals surface area (Å²) in [5, 5.41) is 3.15. The van der Waals surface area contributed by atoms with Crippen molar-refractivity contribution in [3.63, 3.8) is 0 Å². The fourth-order valence-electron chi connectivity index (χ4n) is 1.55. The van der Waals surface area contributed by atoms with Crippen LogP contribution in [0.2, 0.25) is 0 Å². The van der Waals surface area contributed by atoms with E-state index < -0.39 is 0 Å². The molecule has 2 aromatic heterocycles. The zero-order valence-electron chi connectivity index (χ0n) is 9.46. The Kier molecular flexibility index (Phi) is 2.91. The molecule has 2 aromatic rings. The number of fused-ring (bicyclic) bond motifs is 1. The Morgan fingerprint density at radius 1 is 1.44 bits per heavy atom. The monoisotopic (exact) mass is 220 g/mol. The third-order valence-electron chi connectivity index (χ3n) is 2.39. The van der Waals surface area contributed by atoms with Crippen molar-refractivity contribution in [1.82, 2.24) is 15.0 Å². The van der Waals surface area contributed by atoms with Gasteiger partial charge in [-0.25, -0.2) is 10.8 Å². The predicted molar refractivity (Wildman–Crippen MR) is 65.2 cm³/mol. The number of nitrogens with zero attached hydrogens (tertiary/aromatic N) is 2. The van der Waals surface area contributed by atoms with E-state index >= 15 is 0 Å². The molecule has 0 atom stereocenters. The Morgan fingerprint density at radius 3 is 2.94 bits per heavy atom. The highest BCUT2D eigenvalue weighted by Gasteiger charge is 2.09. The first kappa shape index (κ1) is 10.7. The summed E-state index contributed by atoms with van der Waals surface area (Å²) in [5.74, 6) is 6.64. The van der Waals surface area contributed by atoms with Crippen molar-refractivity contribution in [1.29, 1.82) is 0 Å². The van der Waals surface area contributed by atoms with E-state index in [1.54, 1.807) is 0 Å². The number of aromatic nitrogens is 3. The molecule has 2 rings (SSSR count). The number of hydrazine groups is 1. The fraction of sp³-hybridized carbons (Fsp3) is 0.400. The molecule has 6 heteroatoms. The highest BCUT2D eigenvalue weighted by Crippen LogP contribution is 2.22. The number of aromatic amines is 1. The summed E-state index contributed by atoms with van der Waals surface area (Å²) in [4.78, 5) is 11.8. The van der Waals surface area contributed by atoms with Crippen molar-refractivity contribution in [3.8, 4) is 0 Å². The zero-order valence-corrected chi connectivity index (χ0v) is 9.46. The zero-order chi connectivity index (χ0) is 11.5. The summed E-state index contributed by atoms with van der Waals surface area (Å²) < 4.78 is 0. The van der Waals surface area contributed by atoms with Crippen LogP contribution in [-0.4, -0.2) is 21.5 Å². The van der Waals surface area contributed by atoms with Crippen LogP contribution < -0.4 is 16.6 Å². The summed E-state index contributed by atoms with van der Waals surface area (Å²) >= 11 is 0. The SMILES string of the molecule is CCCNc1nc(NN)c2[nH]cc(C)c2n1. The van der Waals surface area contributed by atoms with E-state index in [-0.39, 0.29) is 0 Å². The minimum Gasteiger partial charge on any atom is -0.357 e. The molecule has 0 aliphatic heterocycles. The lowest BCUT2D eigenvalue weighted by Gasteiger charge is -2.06. The third-order valence-corrected chi connectivity index (χ3v) is 2.39. The van der Waals surface area contributed by atoms with Gasteiger partial charge in [0.05, 0.1) is 5.52 Å². The molecule has 16 heavy (non-hydrogen) atoms. The van der Waals surface area contributed by atoms with E-state index in [0.29, 0.717) is 11.8 Å². The van der Waals surface area contributed by atoms with Crippen LogP contribution in [0, 0.1) is 6.92 Å². The van der Waals surface area contributed by atoms with E-state index in [1.807, 2.05) is 13.1 Å². The van der Waals surface area contributed by atoms with E-state index in [9.17, 15) is 0 Å². The highest BCUT2D eigenvalue weighted by molar-refractivity contribution is 5.89. The second-order valence-corrected chi connectivity index (χ2v) is 3.66. The molecule has 2 heterocycles. The molecule has 6 nitrogen and oxygen atoms in total. The molecule has 0 aromatic carbocycles. The van der Waals surface area contributed by atoms with Crippen molar-refractivity contribution in [2.24, 2.45) is 5.84 Å². The third kappa shape index (κ3) is 1.79. The van der Waals surface area contributed by atoms with Crippen molar-refractivity contribution in [2.75, 3.05) is 17.3 Å². The van der Waals surface area contributed by atoms with E-state index in [4.69, 9.17) is 5.84 Å². The molecule has 0 amide bonds. The van der Waals surface area contributed by atoms with Gasteiger partial charge in [0.25, 0.3) is 0 Å². The Hall–Kier alpha value is -1.82. The number of nitrogens with two attached hydrogens (primary N) is 1. The number of H-pyrrole nitrogens is 1. The van der Waals surface area contributed by atoms with Gasteiger partial charge in [-0.15, -0.1) is 0 Å². The molecule has 0 radical (unpaired) electrons. The quantitative estimate of drug-likeness (QED) is 0.461. The van der Waals surface area contributed by atoms with Gasteiger partial charge in [-0.3, -0.25) is 0 Å². The Balaban J connectivity index is 2.48. The Morgan fingerprint density at radius 2 is 2.25 bits per heavy atom. The summed E-state index contributed by atoms with van der Waals surface area (Å²) in [7, 11) is 0. The molecule has 0 saturated carbocycles. The van der Waals surface area contributed by atoms with Crippen LogP contribution >= 0.6 is 0 Å². The average molecular weight is 220 g/mol. The van der Waals surface area contributed by atoms with Gasteiger partial charge in [0, 0.05) is 12.7 Å². The second kappa shape index (κ2) is 4.36. The van der Waals surface area contributed by atoms with E-state index in [0.717, 1.165) is 29.6 Å². The minimum absolute atomic E-state index is 0.602. The van der Waals surface area contributed by atoms with E-state index in [2.05, 4.69) is 32.6 Å². The number of anilines is 2. The van der Waals surface area contributed by atoms with Gasteiger partial charge in [0.1, 0.15) is 5.52 Å². The standard InChI is InChI=1S/C10H16N6/c1-3-4-12-10-14-7-6(2)5-13-8(7)9(15-10)16-11/h5,13H,3-4,11H2,1-2H3,(H2,12,14,15,16). The largest absolute Gasteiger partial charge is 0.357 e. The topological polar surface area (TPSA) is 91.6 Å². The molecular formula is C10H16N6. The average Bonchev–Trinajstić information content (AvgIpc) is 2.68. The van der Waals surface area contributed by atoms with E-state index in [1.165, 1.54) is 0 Å². The first-order chi connectivity index (χ1) is 7.76. The minimum atomic E-state index is 0.602. The van der Waals surface area contributed by atoms with Gasteiger partial charge in [-0.2, -0.15) is 4.98 Å². The van der Waals surface area contributed by atoms with Crippen molar-refractivity contribution in [2.45, 2.75) is 20.3 Å². The van der Waals surface area contributed by atoms with Crippen LogP contribution in [-0.2, 0) is 0 Å². The maximum absolute atomic E-state index is 5.43. The molecule has 0 fully saturated rings. The smallest absolute Gasteiger partial charge is 0.225 e. The summed E-state index contributed by atoms with van der Waals surface area (Å²) in [6.45, 7) is 4.93. The lowest BCUT2D eigenvalue weighted by Crippen LogP contribution is -2.12. The van der Waals surface area contributed by atoms with Crippen molar-refractivity contribution < 1.29 is 0 Å². The van der Waals surface area contributed by atoms with Gasteiger partial charge in [0.2, 0.25) is 5.95 Å². The molecule has 86 valence electrons. The summed E-state index contributed by atoms with van der Waals surface area (Å²) in [5.41, 5.74) is 5.38. The number of aryl methyl sites for hydroxylation is 1. The number of hydrogen-bond donors (Lipinski definition) is 4. The molecule has 0 aliphatic carbocycles. The van der Waals surface area contributed by atoms with Crippen molar-refractivity contribution in [3.05, 3.63) is 11.8 Å². The second-order valence-electron chi connectivity index (χ2n) is 3.66. The maximum atomic E-state index is 5.43. The van der Waals surface area contributed by atoms with Crippen LogP contribution in [0.4, 0.5) is 11.8 Å². The molecule has 0 spiro atoms. The summed E-state index contributed by atoms with van der Waals surface area (Å²) in [6.07, 6.45) is 2.92. The maximum Gasteiger partial charge on any atom is 0.225 e.